The Morgan fingerprint density at radius 2 is 1.50 bits per heavy atom. The highest BCUT2D eigenvalue weighted by molar-refractivity contribution is 5.34. The molecule has 0 saturated carbocycles. The molecule has 2 heteroatoms. The highest BCUT2D eigenvalue weighted by atomic mass is 14.8. The number of nitrogens with one attached hydrogen (secondary N) is 1. The quantitative estimate of drug-likeness (QED) is 0.858. The third kappa shape index (κ3) is 3.45. The molecule has 0 radical (unpaired) electrons. The summed E-state index contributed by atoms with van der Waals surface area (Å²) in [4.78, 5) is 4.11. The number of pyridine rings is 1. The van der Waals surface area contributed by atoms with Crippen LogP contribution in [0.15, 0.2) is 48.8 Å². The van der Waals surface area contributed by atoms with Crippen LogP contribution >= 0.6 is 0 Å². The number of hydrogen-bond acceptors (Lipinski definition) is 2. The zero-order valence-electron chi connectivity index (χ0n) is 12.6. The monoisotopic (exact) mass is 268 g/mol. The van der Waals surface area contributed by atoms with Crippen LogP contribution < -0.4 is 5.32 Å². The van der Waals surface area contributed by atoms with E-state index in [0.717, 1.165) is 6.54 Å². The van der Waals surface area contributed by atoms with Crippen molar-refractivity contribution in [1.29, 1.82) is 0 Å². The van der Waals surface area contributed by atoms with Gasteiger partial charge in [0.25, 0.3) is 0 Å². The Kier molecular flexibility index (Phi) is 5.31. The van der Waals surface area contributed by atoms with Crippen molar-refractivity contribution in [3.05, 3.63) is 65.5 Å². The molecule has 2 rings (SSSR count). The molecule has 20 heavy (non-hydrogen) atoms. The van der Waals surface area contributed by atoms with Crippen molar-refractivity contribution in [2.75, 3.05) is 13.6 Å². The SMILES string of the molecule is CCC(C)c1ccc(C(CNC)c2ccncc2)cc1. The number of aromatic nitrogens is 1. The summed E-state index contributed by atoms with van der Waals surface area (Å²) in [5.74, 6) is 1.02. The fraction of sp³-hybridized carbons (Fsp3) is 0.389. The van der Waals surface area contributed by atoms with Crippen molar-refractivity contribution in [3.8, 4) is 0 Å². The minimum absolute atomic E-state index is 0.383. The van der Waals surface area contributed by atoms with Crippen molar-refractivity contribution in [2.45, 2.75) is 32.1 Å². The molecule has 1 heterocycles. The van der Waals surface area contributed by atoms with Crippen molar-refractivity contribution < 1.29 is 0 Å². The molecule has 2 atom stereocenters. The standard InChI is InChI=1S/C18H24N2/c1-4-14(2)15-5-7-16(8-6-15)18(13-19-3)17-9-11-20-12-10-17/h5-12,14,18-19H,4,13H2,1-3H3. The molecule has 2 aromatic rings. The summed E-state index contributed by atoms with van der Waals surface area (Å²) in [5.41, 5.74) is 4.09. The van der Waals surface area contributed by atoms with Crippen LogP contribution in [-0.2, 0) is 0 Å². The van der Waals surface area contributed by atoms with Crippen molar-refractivity contribution in [2.24, 2.45) is 0 Å². The Bertz CT molecular complexity index is 505. The van der Waals surface area contributed by atoms with E-state index < -0.39 is 0 Å². The van der Waals surface area contributed by atoms with Crippen molar-refractivity contribution in [3.63, 3.8) is 0 Å². The van der Waals surface area contributed by atoms with E-state index in [1.165, 1.54) is 23.1 Å². The van der Waals surface area contributed by atoms with Crippen LogP contribution in [0.25, 0.3) is 0 Å². The van der Waals surface area contributed by atoms with Gasteiger partial charge >= 0.3 is 0 Å². The second-order valence-corrected chi connectivity index (χ2v) is 5.37. The fourth-order valence-electron chi connectivity index (χ4n) is 2.52. The van der Waals surface area contributed by atoms with Gasteiger partial charge < -0.3 is 5.32 Å². The molecule has 2 nitrogen and oxygen atoms in total. The number of nitrogens with zero attached hydrogens (tertiary/aromatic N) is 1. The maximum Gasteiger partial charge on any atom is 0.0270 e. The molecule has 0 aliphatic heterocycles. The normalized spacial score (nSPS) is 13.9. The smallest absolute Gasteiger partial charge is 0.0270 e. The molecule has 2 unspecified atom stereocenters. The average Bonchev–Trinajstić information content (AvgIpc) is 2.53. The lowest BCUT2D eigenvalue weighted by Crippen LogP contribution is -2.18. The Morgan fingerprint density at radius 1 is 0.950 bits per heavy atom. The second kappa shape index (κ2) is 7.20. The van der Waals surface area contributed by atoms with Crippen LogP contribution in [0.5, 0.6) is 0 Å². The van der Waals surface area contributed by atoms with E-state index in [1.807, 2.05) is 19.4 Å². The summed E-state index contributed by atoms with van der Waals surface area (Å²) < 4.78 is 0. The summed E-state index contributed by atoms with van der Waals surface area (Å²) in [6, 6.07) is 13.3. The number of likely N-dealkylation sites (N-methyl/N-ethyl adjacent to an activating group) is 1. The first-order chi connectivity index (χ1) is 9.76. The van der Waals surface area contributed by atoms with Gasteiger partial charge in [-0.05, 0) is 48.2 Å². The van der Waals surface area contributed by atoms with Crippen LogP contribution in [-0.4, -0.2) is 18.6 Å². The van der Waals surface area contributed by atoms with E-state index in [1.54, 1.807) is 0 Å². The molecule has 1 aromatic carbocycles. The van der Waals surface area contributed by atoms with Crippen LogP contribution in [0.1, 0.15) is 48.8 Å². The van der Waals surface area contributed by atoms with Gasteiger partial charge in [-0.3, -0.25) is 4.98 Å². The molecule has 0 bridgehead atoms. The van der Waals surface area contributed by atoms with Crippen LogP contribution in [0.3, 0.4) is 0 Å². The van der Waals surface area contributed by atoms with Gasteiger partial charge in [-0.15, -0.1) is 0 Å². The minimum atomic E-state index is 0.383. The first kappa shape index (κ1) is 14.7. The highest BCUT2D eigenvalue weighted by Crippen LogP contribution is 2.26. The lowest BCUT2D eigenvalue weighted by Gasteiger charge is -2.18. The maximum absolute atomic E-state index is 4.11. The van der Waals surface area contributed by atoms with Gasteiger partial charge in [0.2, 0.25) is 0 Å². The molecule has 0 fully saturated rings. The molecule has 1 aromatic heterocycles. The summed E-state index contributed by atoms with van der Waals surface area (Å²) in [6.45, 7) is 5.45. The Labute approximate surface area is 122 Å². The van der Waals surface area contributed by atoms with Gasteiger partial charge in [0.15, 0.2) is 0 Å². The Hall–Kier alpha value is -1.67. The molecule has 0 saturated heterocycles. The predicted octanol–water partition coefficient (Wildman–Crippen LogP) is 3.95. The van der Waals surface area contributed by atoms with E-state index in [9.17, 15) is 0 Å². The average molecular weight is 268 g/mol. The predicted molar refractivity (Wildman–Crippen MR) is 85.2 cm³/mol. The van der Waals surface area contributed by atoms with Crippen LogP contribution in [0, 0.1) is 0 Å². The molecule has 0 spiro atoms. The van der Waals surface area contributed by atoms with Crippen LogP contribution in [0.4, 0.5) is 0 Å². The zero-order valence-corrected chi connectivity index (χ0v) is 12.6. The summed E-state index contributed by atoms with van der Waals surface area (Å²) in [5, 5.41) is 3.29. The van der Waals surface area contributed by atoms with Gasteiger partial charge in [-0.1, -0.05) is 38.1 Å². The highest BCUT2D eigenvalue weighted by Gasteiger charge is 2.13. The molecular formula is C18H24N2. The lowest BCUT2D eigenvalue weighted by molar-refractivity contribution is 0.703. The van der Waals surface area contributed by atoms with E-state index >= 15 is 0 Å². The molecule has 1 N–H and O–H groups in total. The molecule has 106 valence electrons. The van der Waals surface area contributed by atoms with Gasteiger partial charge in [0, 0.05) is 24.9 Å². The second-order valence-electron chi connectivity index (χ2n) is 5.37. The summed E-state index contributed by atoms with van der Waals surface area (Å²) in [6.07, 6.45) is 4.92. The summed E-state index contributed by atoms with van der Waals surface area (Å²) in [7, 11) is 2.00. The number of hydrogen-bond donors (Lipinski definition) is 1. The van der Waals surface area contributed by atoms with E-state index in [-0.39, 0.29) is 0 Å². The summed E-state index contributed by atoms with van der Waals surface area (Å²) >= 11 is 0. The Balaban J connectivity index is 2.26. The molecule has 0 aliphatic rings. The molecular weight excluding hydrogens is 244 g/mol. The number of rotatable bonds is 6. The van der Waals surface area contributed by atoms with Crippen molar-refractivity contribution in [1.82, 2.24) is 10.3 Å². The Morgan fingerprint density at radius 3 is 2.05 bits per heavy atom. The van der Waals surface area contributed by atoms with E-state index in [0.29, 0.717) is 11.8 Å². The lowest BCUT2D eigenvalue weighted by atomic mass is 9.89. The van der Waals surface area contributed by atoms with Gasteiger partial charge in [-0.25, -0.2) is 0 Å². The van der Waals surface area contributed by atoms with Gasteiger partial charge in [0.05, 0.1) is 0 Å². The first-order valence-electron chi connectivity index (χ1n) is 7.40. The molecule has 0 aliphatic carbocycles. The first-order valence-corrected chi connectivity index (χ1v) is 7.40. The van der Waals surface area contributed by atoms with Gasteiger partial charge in [0.1, 0.15) is 0 Å². The fourth-order valence-corrected chi connectivity index (χ4v) is 2.52. The number of benzene rings is 1. The zero-order chi connectivity index (χ0) is 14.4. The largest absolute Gasteiger partial charge is 0.319 e. The van der Waals surface area contributed by atoms with Crippen molar-refractivity contribution >= 4 is 0 Å². The third-order valence-corrected chi connectivity index (χ3v) is 4.04. The van der Waals surface area contributed by atoms with Gasteiger partial charge in [-0.2, -0.15) is 0 Å². The maximum atomic E-state index is 4.11. The van der Waals surface area contributed by atoms with E-state index in [2.05, 4.69) is 60.5 Å². The third-order valence-electron chi connectivity index (χ3n) is 4.04. The minimum Gasteiger partial charge on any atom is -0.319 e. The van der Waals surface area contributed by atoms with E-state index in [4.69, 9.17) is 0 Å². The topological polar surface area (TPSA) is 24.9 Å². The van der Waals surface area contributed by atoms with Crippen LogP contribution in [0.2, 0.25) is 0 Å². The molecule has 0 amide bonds.